The van der Waals surface area contributed by atoms with E-state index in [2.05, 4.69) is 169 Å². The third-order valence-electron chi connectivity index (χ3n) is 16.8. The average Bonchev–Trinajstić information content (AvgIpc) is 1.65. The fourth-order valence-corrected chi connectivity index (χ4v) is 14.6. The Morgan fingerprint density at radius 2 is 0.754 bits per heavy atom. The number of ether oxygens (including phenoxy) is 8. The number of aromatic hydroxyl groups is 3. The van der Waals surface area contributed by atoms with Crippen molar-refractivity contribution in [2.75, 3.05) is 56.9 Å². The number of aromatic amines is 8. The fraction of sp³-hybridized carbons (Fsp3) is 0.301. The second-order valence-corrected chi connectivity index (χ2v) is 31.7. The molecule has 0 radical (unpaired) electrons. The molecule has 16 heterocycles. The summed E-state index contributed by atoms with van der Waals surface area (Å²) in [7, 11) is 17.8. The monoisotopic (exact) mass is 1980 g/mol. The van der Waals surface area contributed by atoms with Crippen LogP contribution in [0.4, 0.5) is 0 Å². The van der Waals surface area contributed by atoms with Crippen molar-refractivity contribution in [1.29, 1.82) is 0 Å². The first-order valence-corrected chi connectivity index (χ1v) is 41.7. The van der Waals surface area contributed by atoms with Gasteiger partial charge in [-0.05, 0) is 89.1 Å². The van der Waals surface area contributed by atoms with Gasteiger partial charge in [0, 0.05) is 54.6 Å². The van der Waals surface area contributed by atoms with Crippen LogP contribution in [0.5, 0.6) is 63.6 Å². The number of methoxy groups -OCH3 is 8. The van der Waals surface area contributed by atoms with Crippen molar-refractivity contribution < 1.29 is 53.2 Å². The molecule has 16 aromatic rings. The first-order valence-electron chi connectivity index (χ1n) is 37.1. The number of aromatic nitrogens is 33. The number of nitrogens with one attached hydrogen (secondary N) is 8. The van der Waals surface area contributed by atoms with Crippen molar-refractivity contribution in [2.45, 2.75) is 67.2 Å². The standard InChI is InChI=1S/C11H11N3O3S.C10H11N3O2S.3C9H11N5O2.C9H9N3O3S.C8H6IN3O3S.C8H10N6O2/c1-17-7-9(15)13-8(14-10(7)16)11-12-6(4-18-11)5-2-3-5;1-5-4-16-10(11-5)8-12-6(2)7(15-3)9(14)13-8;1-5-7(16-3)9(15)11-8(10-5)6-4-14(2)13-12-6;1-5-7(16-3)9(15)12-8(11-5)6-4-10-13-14(6)2;1-5-7(16-3)9(15)12-8(11-5)6-4-10-14(2)13-6;1-4-3-16-9(10-4)6-11-7(13)5(15-2)8(14)12-6;1-15-4-6(13)11-5(12-7(4)14)8-10-2-3(9)16-8;1-4-5(16-3)8(15)10-6(9-4)7-11-13-14(2)12-7/h4-5H,2-3H2,1H3,(H2,13,14,15,16);4H,1-3H3,(H,12,13,14);4H,1-3H3,(H,10,11,15);2*4H,1-3H3,(H,11,12,15);3H,1-2H3,(H2,11,12,13,14);2H,1H3,(H2,11,12,13,14);1-3H3,(H,9,10,15). The molecule has 0 saturated heterocycles. The molecule has 682 valence electrons. The molecule has 130 heavy (non-hydrogen) atoms. The minimum atomic E-state index is -0.532. The molecule has 52 nitrogen and oxygen atoms in total. The van der Waals surface area contributed by atoms with E-state index in [0.717, 1.165) is 20.0 Å². The van der Waals surface area contributed by atoms with Crippen molar-refractivity contribution >= 4 is 67.9 Å². The number of halogens is 1. The molecule has 0 aromatic carbocycles. The van der Waals surface area contributed by atoms with E-state index in [1.807, 2.05) is 30.0 Å². The number of hydrogen-bond acceptors (Lipinski definition) is 44. The molecule has 1 aliphatic rings. The number of nitrogens with zero attached hydrogens (tertiary/aromatic N) is 25. The van der Waals surface area contributed by atoms with E-state index >= 15 is 0 Å². The molecular formula is C73H80IN33O19S4. The summed E-state index contributed by atoms with van der Waals surface area (Å²) in [5.41, 5.74) is 3.90. The van der Waals surface area contributed by atoms with E-state index in [1.165, 1.54) is 146 Å². The van der Waals surface area contributed by atoms with Gasteiger partial charge in [-0.25, -0.2) is 49.5 Å². The minimum absolute atomic E-state index is 0.183. The van der Waals surface area contributed by atoms with Crippen LogP contribution in [-0.4, -0.2) is 237 Å². The van der Waals surface area contributed by atoms with Gasteiger partial charge in [0.15, 0.2) is 66.6 Å². The second-order valence-electron chi connectivity index (χ2n) is 26.2. The Labute approximate surface area is 759 Å². The highest BCUT2D eigenvalue weighted by Gasteiger charge is 2.28. The third-order valence-corrected chi connectivity index (χ3v) is 21.4. The average molecular weight is 1980 g/mol. The number of thiazole rings is 4. The lowest BCUT2D eigenvalue weighted by atomic mass is 10.3. The van der Waals surface area contributed by atoms with Crippen molar-refractivity contribution in [3.63, 3.8) is 0 Å². The Bertz CT molecular complexity index is 6390. The van der Waals surface area contributed by atoms with E-state index in [-0.39, 0.29) is 103 Å². The van der Waals surface area contributed by atoms with Gasteiger partial charge in [-0.1, -0.05) is 10.4 Å². The topological polar surface area (TPSA) is 688 Å². The molecular weight excluding hydrogens is 1900 g/mol. The molecule has 1 saturated carbocycles. The Morgan fingerprint density at radius 1 is 0.385 bits per heavy atom. The van der Waals surface area contributed by atoms with E-state index in [1.54, 1.807) is 75.2 Å². The lowest BCUT2D eigenvalue weighted by Crippen LogP contribution is -2.14. The van der Waals surface area contributed by atoms with Crippen LogP contribution < -0.4 is 82.4 Å². The summed E-state index contributed by atoms with van der Waals surface area (Å²) in [4.78, 5) is 165. The normalized spacial score (nSPS) is 11.0. The van der Waals surface area contributed by atoms with Crippen LogP contribution in [0.25, 0.3) is 89.5 Å². The minimum Gasteiger partial charge on any atom is -0.490 e. The van der Waals surface area contributed by atoms with Crippen molar-refractivity contribution in [3.8, 4) is 153 Å². The predicted octanol–water partition coefficient (Wildman–Crippen LogP) is 4.06. The Kier molecular flexibility index (Phi) is 32.5. The van der Waals surface area contributed by atoms with Gasteiger partial charge in [0.25, 0.3) is 62.1 Å². The highest BCUT2D eigenvalue weighted by molar-refractivity contribution is 14.1. The Hall–Kier alpha value is -15.4. The molecule has 57 heteroatoms. The van der Waals surface area contributed by atoms with Gasteiger partial charge in [-0.2, -0.15) is 34.7 Å². The number of hydrogen-bond donors (Lipinski definition) is 11. The Balaban J connectivity index is 0.000000154. The van der Waals surface area contributed by atoms with Crippen LogP contribution in [0.3, 0.4) is 0 Å². The van der Waals surface area contributed by atoms with Gasteiger partial charge < -0.3 is 93.1 Å². The summed E-state index contributed by atoms with van der Waals surface area (Å²) >= 11 is 7.66. The van der Waals surface area contributed by atoms with Gasteiger partial charge >= 0.3 is 0 Å². The number of H-pyrrole nitrogens is 8. The maximum atomic E-state index is 11.6. The molecule has 0 atom stereocenters. The summed E-state index contributed by atoms with van der Waals surface area (Å²) < 4.78 is 42.8. The zero-order valence-corrected chi connectivity index (χ0v) is 77.5. The summed E-state index contributed by atoms with van der Waals surface area (Å²) in [6, 6.07) is 0. The van der Waals surface area contributed by atoms with E-state index < -0.39 is 34.3 Å². The highest BCUT2D eigenvalue weighted by atomic mass is 127. The molecule has 0 unspecified atom stereocenters. The molecule has 16 aromatic heterocycles. The molecule has 11 N–H and O–H groups in total. The van der Waals surface area contributed by atoms with Crippen LogP contribution >= 0.6 is 67.9 Å². The first kappa shape index (κ1) is 96.8. The van der Waals surface area contributed by atoms with Crippen LogP contribution in [-0.2, 0) is 28.2 Å². The smallest absolute Gasteiger partial charge is 0.297 e. The summed E-state index contributed by atoms with van der Waals surface area (Å²) in [5.74, 6) is 2.74. The zero-order valence-electron chi connectivity index (χ0n) is 72.1. The SMILES string of the molecule is COc1c(C)nc(-c2cn(C)nn2)[nH]c1=O.COc1c(C)nc(-c2cnn(C)n2)[nH]c1=O.COc1c(C)nc(-c2cnnn2C)[nH]c1=O.COc1c(C)nc(-c2nc(C)cs2)[nH]c1=O.COc1c(C)nc(-c2nnn(C)n2)[nH]c1=O.COc1c(O)nc(-c2nc(C)cs2)[nH]c1=O.COc1c(O)nc(-c2nc(C3CC3)cs2)[nH]c1=O.COc1c(O)nc(-c2ncc(I)s2)[nH]c1=O. The molecule has 0 aliphatic heterocycles. The molecule has 17 rings (SSSR count). The van der Waals surface area contributed by atoms with Gasteiger partial charge in [0.05, 0.1) is 126 Å². The second kappa shape index (κ2) is 43.7. The zero-order chi connectivity index (χ0) is 94.6. The van der Waals surface area contributed by atoms with Crippen LogP contribution in [0.1, 0.15) is 64.3 Å². The quantitative estimate of drug-likeness (QED) is 0.0573. The molecule has 0 bridgehead atoms. The highest BCUT2D eigenvalue weighted by Crippen LogP contribution is 2.41. The third kappa shape index (κ3) is 24.2. The van der Waals surface area contributed by atoms with E-state index in [4.69, 9.17) is 37.9 Å². The van der Waals surface area contributed by atoms with Crippen LogP contribution in [0, 0.1) is 51.4 Å². The maximum absolute atomic E-state index is 11.6. The van der Waals surface area contributed by atoms with Gasteiger partial charge in [-0.3, -0.25) is 43.0 Å². The predicted molar refractivity (Wildman–Crippen MR) is 476 cm³/mol. The molecule has 1 fully saturated rings. The number of aryl methyl sites for hydroxylation is 11. The lowest BCUT2D eigenvalue weighted by molar-refractivity contribution is 0.357. The molecule has 1 aliphatic carbocycles. The summed E-state index contributed by atoms with van der Waals surface area (Å²) in [6.07, 6.45) is 8.72. The number of tetrazole rings is 1. The Morgan fingerprint density at radius 3 is 1.09 bits per heavy atom. The van der Waals surface area contributed by atoms with Crippen molar-refractivity contribution in [2.24, 2.45) is 28.2 Å². The fourth-order valence-electron chi connectivity index (χ4n) is 10.9. The van der Waals surface area contributed by atoms with Crippen molar-refractivity contribution in [3.05, 3.63) is 172 Å². The van der Waals surface area contributed by atoms with Crippen LogP contribution in [0.2, 0.25) is 0 Å². The van der Waals surface area contributed by atoms with Gasteiger partial charge in [-0.15, -0.1) is 65.7 Å². The van der Waals surface area contributed by atoms with Gasteiger partial charge in [0.2, 0.25) is 51.8 Å². The number of rotatable bonds is 17. The maximum Gasteiger partial charge on any atom is 0.297 e. The van der Waals surface area contributed by atoms with E-state index in [0.29, 0.717) is 94.8 Å². The van der Waals surface area contributed by atoms with Gasteiger partial charge in [0.1, 0.15) is 17.1 Å². The summed E-state index contributed by atoms with van der Waals surface area (Å²) in [6.45, 7) is 12.3. The van der Waals surface area contributed by atoms with Crippen LogP contribution in [0.15, 0.2) is 79.3 Å². The first-order chi connectivity index (χ1) is 62.0. The van der Waals surface area contributed by atoms with E-state index in [9.17, 15) is 53.7 Å². The lowest BCUT2D eigenvalue weighted by Gasteiger charge is -2.05. The molecule has 0 spiro atoms. The molecule has 0 amide bonds. The van der Waals surface area contributed by atoms with Crippen molar-refractivity contribution in [1.82, 2.24) is 165 Å². The largest absolute Gasteiger partial charge is 0.490 e. The summed E-state index contributed by atoms with van der Waals surface area (Å²) in [5, 5.41) is 71.0.